The summed E-state index contributed by atoms with van der Waals surface area (Å²) in [5.74, 6) is 6.77. The lowest BCUT2D eigenvalue weighted by Gasteiger charge is -2.36. The van der Waals surface area contributed by atoms with Crippen LogP contribution in [-0.4, -0.2) is 48.7 Å². The van der Waals surface area contributed by atoms with Gasteiger partial charge in [0.25, 0.3) is 0 Å². The van der Waals surface area contributed by atoms with Crippen LogP contribution < -0.4 is 10.6 Å². The summed E-state index contributed by atoms with van der Waals surface area (Å²) in [7, 11) is 0. The van der Waals surface area contributed by atoms with Gasteiger partial charge in [-0.1, -0.05) is 23.8 Å². The average molecular weight is 289 g/mol. The summed E-state index contributed by atoms with van der Waals surface area (Å²) in [4.78, 5) is 2.45. The molecular formula is C17H27N3O. The van der Waals surface area contributed by atoms with Gasteiger partial charge < -0.3 is 4.74 Å². The second-order valence-corrected chi connectivity index (χ2v) is 5.71. The molecule has 4 nitrogen and oxygen atoms in total. The number of rotatable bonds is 7. The number of benzene rings is 1. The summed E-state index contributed by atoms with van der Waals surface area (Å²) in [6.07, 6.45) is 4.21. The highest BCUT2D eigenvalue weighted by atomic mass is 16.5. The minimum atomic E-state index is 0.587. The molecule has 2 N–H and O–H groups in total. The van der Waals surface area contributed by atoms with Gasteiger partial charge in [0.05, 0.1) is 0 Å². The zero-order chi connectivity index (χ0) is 15.1. The molecule has 0 saturated carbocycles. The van der Waals surface area contributed by atoms with Gasteiger partial charge in [0.1, 0.15) is 12.4 Å². The zero-order valence-corrected chi connectivity index (χ0v) is 13.0. The molecule has 4 heteroatoms. The van der Waals surface area contributed by atoms with E-state index in [4.69, 9.17) is 10.6 Å². The van der Waals surface area contributed by atoms with Crippen molar-refractivity contribution in [1.82, 2.24) is 9.91 Å². The second-order valence-electron chi connectivity index (χ2n) is 5.71. The Bertz CT molecular complexity index is 424. The molecule has 0 aliphatic carbocycles. The van der Waals surface area contributed by atoms with Crippen LogP contribution in [0.15, 0.2) is 36.9 Å². The molecule has 0 bridgehead atoms. The maximum Gasteiger partial charge on any atom is 0.119 e. The predicted molar refractivity (Wildman–Crippen MR) is 87.2 cm³/mol. The standard InChI is InChI=1S/C17H27N3O/c1-3-10-19(16-8-11-20(18)12-9-16)13-14-21-17-6-4-15(2)5-7-17/h3-7,16H,1,8-14,18H2,2H3. The first-order chi connectivity index (χ1) is 10.2. The number of hydrazine groups is 1. The summed E-state index contributed by atoms with van der Waals surface area (Å²) in [5.41, 5.74) is 1.25. The largest absolute Gasteiger partial charge is 0.492 e. The number of nitrogens with zero attached hydrogens (tertiary/aromatic N) is 2. The molecule has 1 aliphatic rings. The van der Waals surface area contributed by atoms with Gasteiger partial charge in [-0.3, -0.25) is 10.7 Å². The predicted octanol–water partition coefficient (Wildman–Crippen LogP) is 2.20. The summed E-state index contributed by atoms with van der Waals surface area (Å²) in [5, 5.41) is 1.91. The Kier molecular flexibility index (Phi) is 6.23. The van der Waals surface area contributed by atoms with E-state index in [1.807, 2.05) is 23.2 Å². The number of ether oxygens (including phenoxy) is 1. The molecule has 1 fully saturated rings. The van der Waals surface area contributed by atoms with Crippen molar-refractivity contribution in [2.75, 3.05) is 32.8 Å². The highest BCUT2D eigenvalue weighted by molar-refractivity contribution is 5.26. The lowest BCUT2D eigenvalue weighted by atomic mass is 10.0. The van der Waals surface area contributed by atoms with Crippen LogP contribution in [0.25, 0.3) is 0 Å². The van der Waals surface area contributed by atoms with Crippen LogP contribution in [0.5, 0.6) is 5.75 Å². The molecule has 1 aromatic carbocycles. The number of hydrogen-bond acceptors (Lipinski definition) is 4. The molecule has 1 heterocycles. The Morgan fingerprint density at radius 1 is 1.33 bits per heavy atom. The van der Waals surface area contributed by atoms with Crippen molar-refractivity contribution in [3.05, 3.63) is 42.5 Å². The lowest BCUT2D eigenvalue weighted by molar-refractivity contribution is 0.104. The van der Waals surface area contributed by atoms with Gasteiger partial charge in [-0.25, -0.2) is 5.01 Å². The molecule has 1 aromatic rings. The molecule has 1 saturated heterocycles. The lowest BCUT2D eigenvalue weighted by Crippen LogP contribution is -2.48. The molecule has 1 aliphatic heterocycles. The van der Waals surface area contributed by atoms with Gasteiger partial charge >= 0.3 is 0 Å². The van der Waals surface area contributed by atoms with E-state index in [2.05, 4.69) is 30.5 Å². The Labute approximate surface area is 128 Å². The number of hydrogen-bond donors (Lipinski definition) is 1. The Balaban J connectivity index is 1.79. The minimum absolute atomic E-state index is 0.587. The highest BCUT2D eigenvalue weighted by Crippen LogP contribution is 2.15. The fourth-order valence-corrected chi connectivity index (χ4v) is 2.75. The fraction of sp³-hybridized carbons (Fsp3) is 0.529. The third-order valence-electron chi connectivity index (χ3n) is 4.05. The van der Waals surface area contributed by atoms with Crippen molar-refractivity contribution in [2.24, 2.45) is 5.84 Å². The van der Waals surface area contributed by atoms with Gasteiger partial charge in [-0.05, 0) is 31.9 Å². The summed E-state index contributed by atoms with van der Waals surface area (Å²) < 4.78 is 5.84. The van der Waals surface area contributed by atoms with Crippen molar-refractivity contribution >= 4 is 0 Å². The molecule has 0 amide bonds. The smallest absolute Gasteiger partial charge is 0.119 e. The Morgan fingerprint density at radius 2 is 2.00 bits per heavy atom. The fourth-order valence-electron chi connectivity index (χ4n) is 2.75. The first-order valence-electron chi connectivity index (χ1n) is 7.73. The minimum Gasteiger partial charge on any atom is -0.492 e. The molecule has 116 valence electrons. The van der Waals surface area contributed by atoms with Crippen LogP contribution >= 0.6 is 0 Å². The quantitative estimate of drug-likeness (QED) is 0.617. The topological polar surface area (TPSA) is 41.7 Å². The van der Waals surface area contributed by atoms with Gasteiger partial charge in [0.15, 0.2) is 0 Å². The third kappa shape index (κ3) is 5.16. The van der Waals surface area contributed by atoms with Crippen molar-refractivity contribution in [3.63, 3.8) is 0 Å². The highest BCUT2D eigenvalue weighted by Gasteiger charge is 2.22. The molecular weight excluding hydrogens is 262 g/mol. The molecule has 0 aromatic heterocycles. The van der Waals surface area contributed by atoms with E-state index in [-0.39, 0.29) is 0 Å². The van der Waals surface area contributed by atoms with Crippen molar-refractivity contribution in [3.8, 4) is 5.75 Å². The van der Waals surface area contributed by atoms with Gasteiger partial charge in [-0.15, -0.1) is 6.58 Å². The monoisotopic (exact) mass is 289 g/mol. The molecule has 0 radical (unpaired) electrons. The Morgan fingerprint density at radius 3 is 2.62 bits per heavy atom. The van der Waals surface area contributed by atoms with E-state index >= 15 is 0 Å². The average Bonchev–Trinajstić information content (AvgIpc) is 2.49. The summed E-state index contributed by atoms with van der Waals surface area (Å²) in [6.45, 7) is 10.4. The summed E-state index contributed by atoms with van der Waals surface area (Å²) in [6, 6.07) is 8.80. The first kappa shape index (κ1) is 16.0. The van der Waals surface area contributed by atoms with Gasteiger partial charge in [0.2, 0.25) is 0 Å². The molecule has 0 unspecified atom stereocenters. The van der Waals surface area contributed by atoms with E-state index in [0.717, 1.165) is 44.8 Å². The van der Waals surface area contributed by atoms with Crippen LogP contribution in [0, 0.1) is 6.92 Å². The van der Waals surface area contributed by atoms with E-state index in [0.29, 0.717) is 12.6 Å². The summed E-state index contributed by atoms with van der Waals surface area (Å²) >= 11 is 0. The number of aryl methyl sites for hydroxylation is 1. The van der Waals surface area contributed by atoms with Crippen molar-refractivity contribution in [1.29, 1.82) is 0 Å². The Hall–Kier alpha value is -1.36. The zero-order valence-electron chi connectivity index (χ0n) is 13.0. The van der Waals surface area contributed by atoms with Crippen molar-refractivity contribution < 1.29 is 4.74 Å². The number of nitrogens with two attached hydrogens (primary N) is 1. The van der Waals surface area contributed by atoms with Gasteiger partial charge in [-0.2, -0.15) is 0 Å². The maximum atomic E-state index is 5.84. The molecule has 2 rings (SSSR count). The van der Waals surface area contributed by atoms with E-state index in [1.165, 1.54) is 5.56 Å². The van der Waals surface area contributed by atoms with Crippen LogP contribution in [0.3, 0.4) is 0 Å². The third-order valence-corrected chi connectivity index (χ3v) is 4.05. The van der Waals surface area contributed by atoms with Crippen LogP contribution in [0.4, 0.5) is 0 Å². The van der Waals surface area contributed by atoms with Gasteiger partial charge in [0, 0.05) is 32.2 Å². The van der Waals surface area contributed by atoms with E-state index in [1.54, 1.807) is 0 Å². The molecule has 0 spiro atoms. The van der Waals surface area contributed by atoms with Crippen molar-refractivity contribution in [2.45, 2.75) is 25.8 Å². The van der Waals surface area contributed by atoms with Crippen LogP contribution in [0.1, 0.15) is 18.4 Å². The number of piperidine rings is 1. The maximum absolute atomic E-state index is 5.84. The molecule has 21 heavy (non-hydrogen) atoms. The molecule has 0 atom stereocenters. The van der Waals surface area contributed by atoms with Crippen LogP contribution in [-0.2, 0) is 0 Å². The van der Waals surface area contributed by atoms with E-state index in [9.17, 15) is 0 Å². The SMILES string of the molecule is C=CCN(CCOc1ccc(C)cc1)C1CCN(N)CC1. The first-order valence-corrected chi connectivity index (χ1v) is 7.73. The van der Waals surface area contributed by atoms with Crippen LogP contribution in [0.2, 0.25) is 0 Å². The second kappa shape index (κ2) is 8.17. The van der Waals surface area contributed by atoms with E-state index < -0.39 is 0 Å². The normalized spacial score (nSPS) is 17.1.